The summed E-state index contributed by atoms with van der Waals surface area (Å²) in [6, 6.07) is -4.32. The number of nitrogens with one attached hydrogen (secondary N) is 1. The van der Waals surface area contributed by atoms with Gasteiger partial charge in [-0.1, -0.05) is 0 Å². The maximum absolute atomic E-state index is 13.1. The van der Waals surface area contributed by atoms with E-state index < -0.39 is 16.8 Å². The van der Waals surface area contributed by atoms with Crippen LogP contribution in [-0.2, 0) is 4.74 Å². The molecule has 0 saturated carbocycles. The molecule has 0 aromatic carbocycles. The second kappa shape index (κ2) is 5.35. The first kappa shape index (κ1) is 13.8. The van der Waals surface area contributed by atoms with Crippen molar-refractivity contribution in [3.8, 4) is 0 Å². The molecule has 17 heavy (non-hydrogen) atoms. The first-order valence-corrected chi connectivity index (χ1v) is 5.33. The molecule has 1 aliphatic rings. The molecule has 1 atom stereocenters. The lowest BCUT2D eigenvalue weighted by molar-refractivity contribution is -0.618. The topological polar surface area (TPSA) is 79.5 Å². The molecule has 0 aromatic rings. The summed E-state index contributed by atoms with van der Waals surface area (Å²) in [5.41, 5.74) is 0. The predicted octanol–water partition coefficient (Wildman–Crippen LogP) is 1.19. The van der Waals surface area contributed by atoms with E-state index in [1.54, 1.807) is 6.92 Å². The summed E-state index contributed by atoms with van der Waals surface area (Å²) in [7, 11) is 0. The van der Waals surface area contributed by atoms with Gasteiger partial charge in [0, 0.05) is 25.6 Å². The highest BCUT2D eigenvalue weighted by atomic mass is 19.3. The van der Waals surface area contributed by atoms with E-state index in [1.807, 2.05) is 0 Å². The molecule has 0 bridgehead atoms. The second-order valence-corrected chi connectivity index (χ2v) is 3.92. The third-order valence-electron chi connectivity index (χ3n) is 2.71. The number of hydrogen-bond acceptors (Lipinski definition) is 4. The van der Waals surface area contributed by atoms with E-state index in [4.69, 9.17) is 10.1 Å². The molecule has 1 unspecified atom stereocenters. The molecule has 1 heterocycles. The van der Waals surface area contributed by atoms with E-state index in [0.29, 0.717) is 13.2 Å². The Labute approximate surface area is 97.2 Å². The van der Waals surface area contributed by atoms with Crippen LogP contribution in [0.1, 0.15) is 13.3 Å². The second-order valence-electron chi connectivity index (χ2n) is 3.92. The summed E-state index contributed by atoms with van der Waals surface area (Å²) in [5.74, 6) is -1.20. The zero-order valence-electron chi connectivity index (χ0n) is 9.49. The number of hydrogen-bond donors (Lipinski definition) is 1. The van der Waals surface area contributed by atoms with Gasteiger partial charge < -0.3 is 9.64 Å². The zero-order valence-corrected chi connectivity index (χ0v) is 9.49. The zero-order chi connectivity index (χ0) is 13.1. The molecule has 0 aliphatic carbocycles. The van der Waals surface area contributed by atoms with Crippen molar-refractivity contribution < 1.29 is 18.4 Å². The van der Waals surface area contributed by atoms with E-state index in [9.17, 15) is 18.9 Å². The van der Waals surface area contributed by atoms with Gasteiger partial charge in [-0.15, -0.1) is 8.78 Å². The van der Waals surface area contributed by atoms with Gasteiger partial charge in [0.1, 0.15) is 4.92 Å². The van der Waals surface area contributed by atoms with Crippen LogP contribution in [0.4, 0.5) is 8.78 Å². The lowest BCUT2D eigenvalue weighted by Gasteiger charge is -2.26. The molecule has 1 fully saturated rings. The van der Waals surface area contributed by atoms with Gasteiger partial charge in [-0.3, -0.25) is 15.5 Å². The fourth-order valence-corrected chi connectivity index (χ4v) is 1.69. The Morgan fingerprint density at radius 1 is 1.71 bits per heavy atom. The van der Waals surface area contributed by atoms with Crippen LogP contribution in [0.3, 0.4) is 0 Å². The van der Waals surface area contributed by atoms with Gasteiger partial charge in [0.05, 0.1) is 6.61 Å². The Morgan fingerprint density at radius 2 is 2.35 bits per heavy atom. The first-order chi connectivity index (χ1) is 7.89. The normalized spacial score (nSPS) is 20.3. The smallest absolute Gasteiger partial charge is 0.381 e. The summed E-state index contributed by atoms with van der Waals surface area (Å²) in [6.45, 7) is 2.94. The number of nitrogens with zero attached hydrogens (tertiary/aromatic N) is 2. The minimum atomic E-state index is -4.32. The Morgan fingerprint density at radius 3 is 2.76 bits per heavy atom. The van der Waals surface area contributed by atoms with E-state index >= 15 is 0 Å². The molecule has 1 aliphatic heterocycles. The number of rotatable bonds is 5. The van der Waals surface area contributed by atoms with Gasteiger partial charge in [-0.2, -0.15) is 0 Å². The van der Waals surface area contributed by atoms with Gasteiger partial charge in [0.25, 0.3) is 5.84 Å². The molecule has 1 rings (SSSR count). The number of nitro groups is 1. The molecule has 8 heteroatoms. The van der Waals surface area contributed by atoms with Crippen molar-refractivity contribution in [1.29, 1.82) is 5.41 Å². The van der Waals surface area contributed by atoms with Crippen LogP contribution in [0.15, 0.2) is 0 Å². The third kappa shape index (κ3) is 3.09. The van der Waals surface area contributed by atoms with Crippen molar-refractivity contribution in [3.63, 3.8) is 0 Å². The maximum Gasteiger partial charge on any atom is 0.571 e. The summed E-state index contributed by atoms with van der Waals surface area (Å²) >= 11 is 0. The van der Waals surface area contributed by atoms with Crippen molar-refractivity contribution in [1.82, 2.24) is 4.90 Å². The first-order valence-electron chi connectivity index (χ1n) is 5.33. The third-order valence-corrected chi connectivity index (χ3v) is 2.71. The molecule has 0 aromatic heterocycles. The summed E-state index contributed by atoms with van der Waals surface area (Å²) in [6.07, 6.45) is 0.730. The average Bonchev–Trinajstić information content (AvgIpc) is 2.77. The van der Waals surface area contributed by atoms with Gasteiger partial charge in [0.2, 0.25) is 0 Å². The van der Waals surface area contributed by atoms with Gasteiger partial charge in [-0.25, -0.2) is 0 Å². The van der Waals surface area contributed by atoms with Crippen molar-refractivity contribution in [3.05, 3.63) is 10.1 Å². The Hall–Kier alpha value is -1.31. The monoisotopic (exact) mass is 251 g/mol. The molecule has 1 saturated heterocycles. The van der Waals surface area contributed by atoms with Crippen LogP contribution in [0.2, 0.25) is 0 Å². The molecule has 0 amide bonds. The highest BCUT2D eigenvalue weighted by Crippen LogP contribution is 2.21. The molecule has 0 spiro atoms. The van der Waals surface area contributed by atoms with Crippen molar-refractivity contribution in [2.75, 3.05) is 26.3 Å². The minimum absolute atomic E-state index is 0.0536. The largest absolute Gasteiger partial charge is 0.571 e. The van der Waals surface area contributed by atoms with Crippen molar-refractivity contribution in [2.24, 2.45) is 5.92 Å². The molecule has 1 N–H and O–H groups in total. The summed E-state index contributed by atoms with van der Waals surface area (Å²) in [5, 5.41) is 17.4. The fraction of sp³-hybridized carbons (Fsp3) is 0.889. The molecule has 0 radical (unpaired) electrons. The van der Waals surface area contributed by atoms with E-state index in [1.165, 1.54) is 0 Å². The molecular weight excluding hydrogens is 236 g/mol. The van der Waals surface area contributed by atoms with Crippen LogP contribution in [0.25, 0.3) is 0 Å². The van der Waals surface area contributed by atoms with Crippen molar-refractivity contribution >= 4 is 5.84 Å². The highest BCUT2D eigenvalue weighted by molar-refractivity contribution is 5.84. The predicted molar refractivity (Wildman–Crippen MR) is 55.8 cm³/mol. The van der Waals surface area contributed by atoms with Crippen LogP contribution >= 0.6 is 0 Å². The van der Waals surface area contributed by atoms with E-state index in [2.05, 4.69) is 0 Å². The average molecular weight is 251 g/mol. The number of halogens is 2. The summed E-state index contributed by atoms with van der Waals surface area (Å²) in [4.78, 5) is 9.48. The quantitative estimate of drug-likeness (QED) is 0.262. The SMILES string of the molecule is CCN(CC1CCOC1)C(=N)C(F)(F)[N+](=O)[O-]. The molecular formula is C9H15F2N3O3. The lowest BCUT2D eigenvalue weighted by Crippen LogP contribution is -2.49. The van der Waals surface area contributed by atoms with Crippen LogP contribution < -0.4 is 0 Å². The Bertz CT molecular complexity index is 306. The summed E-state index contributed by atoms with van der Waals surface area (Å²) < 4.78 is 31.2. The van der Waals surface area contributed by atoms with Crippen LogP contribution in [-0.4, -0.2) is 48.0 Å². The minimum Gasteiger partial charge on any atom is -0.381 e. The van der Waals surface area contributed by atoms with Gasteiger partial charge >= 0.3 is 6.05 Å². The standard InChI is InChI=1S/C9H15F2N3O3/c1-2-13(5-7-3-4-17-6-7)8(12)9(10,11)14(15)16/h7,12H,2-6H2,1H3. The number of amidine groups is 1. The Balaban J connectivity index is 2.66. The van der Waals surface area contributed by atoms with Crippen LogP contribution in [0, 0.1) is 21.4 Å². The van der Waals surface area contributed by atoms with Gasteiger partial charge in [-0.05, 0) is 13.3 Å². The lowest BCUT2D eigenvalue weighted by atomic mass is 10.1. The maximum atomic E-state index is 13.1. The van der Waals surface area contributed by atoms with E-state index in [-0.39, 0.29) is 19.0 Å². The van der Waals surface area contributed by atoms with E-state index in [0.717, 1.165) is 11.3 Å². The fourth-order valence-electron chi connectivity index (χ4n) is 1.69. The molecule has 98 valence electrons. The van der Waals surface area contributed by atoms with Crippen LogP contribution in [0.5, 0.6) is 0 Å². The van der Waals surface area contributed by atoms with Gasteiger partial charge in [0.15, 0.2) is 0 Å². The number of ether oxygens (including phenoxy) is 1. The van der Waals surface area contributed by atoms with Crippen molar-refractivity contribution in [2.45, 2.75) is 19.4 Å². The Kier molecular flexibility index (Phi) is 4.33. The highest BCUT2D eigenvalue weighted by Gasteiger charge is 2.52. The number of alkyl halides is 2. The number of likely N-dealkylation sites (N-methyl/N-ethyl adjacent to an activating group) is 1. The molecule has 6 nitrogen and oxygen atoms in total.